The lowest BCUT2D eigenvalue weighted by atomic mass is 9.95. The third-order valence-electron chi connectivity index (χ3n) is 3.53. The highest BCUT2D eigenvalue weighted by atomic mass is 15.1. The maximum absolute atomic E-state index is 8.87. The van der Waals surface area contributed by atoms with E-state index >= 15 is 0 Å². The van der Waals surface area contributed by atoms with E-state index in [4.69, 9.17) is 5.26 Å². The number of aryl methyl sites for hydroxylation is 1. The van der Waals surface area contributed by atoms with Gasteiger partial charge in [0.05, 0.1) is 0 Å². The van der Waals surface area contributed by atoms with E-state index in [1.54, 1.807) is 6.07 Å². The molecule has 0 spiro atoms. The molecule has 19 heavy (non-hydrogen) atoms. The van der Waals surface area contributed by atoms with Crippen LogP contribution < -0.4 is 5.32 Å². The number of nitrogens with one attached hydrogen (secondary N) is 1. The summed E-state index contributed by atoms with van der Waals surface area (Å²) in [6, 6.07) is 3.76. The van der Waals surface area contributed by atoms with Gasteiger partial charge in [-0.3, -0.25) is 0 Å². The van der Waals surface area contributed by atoms with Crippen molar-refractivity contribution >= 4 is 5.82 Å². The molecular formula is C14H21N5. The largest absolute Gasteiger partial charge is 0.370 e. The number of nitrogens with zero attached hydrogens (tertiary/aromatic N) is 4. The minimum atomic E-state index is 0.424. The smallest absolute Gasteiger partial charge is 0.146 e. The molecule has 2 rings (SSSR count). The molecule has 1 aromatic rings. The predicted molar refractivity (Wildman–Crippen MR) is 74.8 cm³/mol. The summed E-state index contributed by atoms with van der Waals surface area (Å²) in [7, 11) is 2.19. The van der Waals surface area contributed by atoms with Crippen LogP contribution in [0.5, 0.6) is 0 Å². The number of nitriles is 1. The molecule has 0 saturated carbocycles. The Morgan fingerprint density at radius 3 is 3.11 bits per heavy atom. The fourth-order valence-electron chi connectivity index (χ4n) is 2.63. The van der Waals surface area contributed by atoms with Crippen LogP contribution in [-0.2, 0) is 0 Å². The number of likely N-dealkylation sites (tertiary alicyclic amines) is 1. The van der Waals surface area contributed by atoms with Gasteiger partial charge < -0.3 is 10.2 Å². The number of piperidine rings is 1. The Bertz CT molecular complexity index is 465. The van der Waals surface area contributed by atoms with Gasteiger partial charge in [0.25, 0.3) is 0 Å². The zero-order chi connectivity index (χ0) is 13.7. The number of rotatable bonds is 4. The van der Waals surface area contributed by atoms with Gasteiger partial charge in [-0.2, -0.15) is 5.26 Å². The maximum Gasteiger partial charge on any atom is 0.146 e. The van der Waals surface area contributed by atoms with Crippen molar-refractivity contribution in [1.82, 2.24) is 14.9 Å². The van der Waals surface area contributed by atoms with Crippen LogP contribution in [0.1, 0.15) is 30.8 Å². The van der Waals surface area contributed by atoms with Crippen molar-refractivity contribution in [1.29, 1.82) is 5.26 Å². The molecule has 5 heteroatoms. The lowest BCUT2D eigenvalue weighted by Crippen LogP contribution is -2.32. The fraction of sp³-hybridized carbons (Fsp3) is 0.643. The van der Waals surface area contributed by atoms with E-state index in [9.17, 15) is 0 Å². The van der Waals surface area contributed by atoms with Crippen molar-refractivity contribution in [3.63, 3.8) is 0 Å². The monoisotopic (exact) mass is 259 g/mol. The molecule has 1 atom stereocenters. The fourth-order valence-corrected chi connectivity index (χ4v) is 2.63. The summed E-state index contributed by atoms with van der Waals surface area (Å²) in [4.78, 5) is 10.7. The summed E-state index contributed by atoms with van der Waals surface area (Å²) < 4.78 is 0. The minimum absolute atomic E-state index is 0.424. The molecule has 102 valence electrons. The molecule has 1 N–H and O–H groups in total. The molecule has 1 aromatic heterocycles. The number of hydrogen-bond acceptors (Lipinski definition) is 5. The Hall–Kier alpha value is -1.67. The van der Waals surface area contributed by atoms with Crippen molar-refractivity contribution in [2.75, 3.05) is 32.0 Å². The quantitative estimate of drug-likeness (QED) is 0.893. The van der Waals surface area contributed by atoms with Crippen LogP contribution >= 0.6 is 0 Å². The highest BCUT2D eigenvalue weighted by Gasteiger charge is 2.16. The zero-order valence-corrected chi connectivity index (χ0v) is 11.7. The second-order valence-corrected chi connectivity index (χ2v) is 5.28. The lowest BCUT2D eigenvalue weighted by Gasteiger charge is -2.29. The molecule has 2 heterocycles. The van der Waals surface area contributed by atoms with Gasteiger partial charge in [0.2, 0.25) is 0 Å². The van der Waals surface area contributed by atoms with E-state index in [2.05, 4.69) is 33.3 Å². The molecule has 1 unspecified atom stereocenters. The maximum atomic E-state index is 8.87. The molecule has 1 aliphatic heterocycles. The molecule has 1 fully saturated rings. The van der Waals surface area contributed by atoms with E-state index in [0.717, 1.165) is 24.7 Å². The average molecular weight is 259 g/mol. The van der Waals surface area contributed by atoms with Crippen LogP contribution in [0.2, 0.25) is 0 Å². The van der Waals surface area contributed by atoms with Crippen molar-refractivity contribution < 1.29 is 0 Å². The molecule has 1 aliphatic rings. The van der Waals surface area contributed by atoms with Crippen LogP contribution in [0.3, 0.4) is 0 Å². The first-order chi connectivity index (χ1) is 9.17. The SMILES string of the molecule is Cc1nc(C#N)cc(NCCC2CCCN(C)C2)n1. The second-order valence-electron chi connectivity index (χ2n) is 5.28. The summed E-state index contributed by atoms with van der Waals surface area (Å²) in [5, 5.41) is 12.2. The summed E-state index contributed by atoms with van der Waals surface area (Å²) in [5.41, 5.74) is 0.424. The Kier molecular flexibility index (Phi) is 4.69. The van der Waals surface area contributed by atoms with Crippen LogP contribution in [0.4, 0.5) is 5.82 Å². The molecule has 0 aromatic carbocycles. The molecule has 0 aliphatic carbocycles. The van der Waals surface area contributed by atoms with Gasteiger partial charge in [0, 0.05) is 19.2 Å². The summed E-state index contributed by atoms with van der Waals surface area (Å²) >= 11 is 0. The van der Waals surface area contributed by atoms with Crippen LogP contribution in [0.15, 0.2) is 6.07 Å². The third kappa shape index (κ3) is 4.18. The van der Waals surface area contributed by atoms with Gasteiger partial charge >= 0.3 is 0 Å². The highest BCUT2D eigenvalue weighted by molar-refractivity contribution is 5.39. The molecule has 0 amide bonds. The van der Waals surface area contributed by atoms with Gasteiger partial charge in [0.15, 0.2) is 0 Å². The van der Waals surface area contributed by atoms with Crippen molar-refractivity contribution in [3.8, 4) is 6.07 Å². The summed E-state index contributed by atoms with van der Waals surface area (Å²) in [6.45, 7) is 5.12. The first-order valence-electron chi connectivity index (χ1n) is 6.85. The van der Waals surface area contributed by atoms with Crippen molar-refractivity contribution in [2.45, 2.75) is 26.2 Å². The Balaban J connectivity index is 1.82. The first kappa shape index (κ1) is 13.8. The van der Waals surface area contributed by atoms with Crippen molar-refractivity contribution in [3.05, 3.63) is 17.6 Å². The van der Waals surface area contributed by atoms with Gasteiger partial charge in [-0.1, -0.05) is 0 Å². The van der Waals surface area contributed by atoms with Gasteiger partial charge in [-0.05, 0) is 45.7 Å². The topological polar surface area (TPSA) is 64.8 Å². The zero-order valence-electron chi connectivity index (χ0n) is 11.7. The van der Waals surface area contributed by atoms with Crippen LogP contribution in [0.25, 0.3) is 0 Å². The third-order valence-corrected chi connectivity index (χ3v) is 3.53. The van der Waals surface area contributed by atoms with E-state index in [1.807, 2.05) is 6.92 Å². The standard InChI is InChI=1S/C14H21N5/c1-11-17-13(9-15)8-14(18-11)16-6-5-12-4-3-7-19(2)10-12/h8,12H,3-7,10H2,1-2H3,(H,16,17,18). The predicted octanol–water partition coefficient (Wildman–Crippen LogP) is 1.80. The summed E-state index contributed by atoms with van der Waals surface area (Å²) in [5.74, 6) is 2.16. The molecular weight excluding hydrogens is 238 g/mol. The van der Waals surface area contributed by atoms with E-state index in [1.165, 1.54) is 25.9 Å². The molecule has 1 saturated heterocycles. The molecule has 0 radical (unpaired) electrons. The van der Waals surface area contributed by atoms with E-state index < -0.39 is 0 Å². The molecule has 0 bridgehead atoms. The highest BCUT2D eigenvalue weighted by Crippen LogP contribution is 2.18. The Morgan fingerprint density at radius 2 is 2.37 bits per heavy atom. The molecule has 5 nitrogen and oxygen atoms in total. The Labute approximate surface area is 114 Å². The number of hydrogen-bond donors (Lipinski definition) is 1. The van der Waals surface area contributed by atoms with Gasteiger partial charge in [-0.25, -0.2) is 9.97 Å². The average Bonchev–Trinajstić information content (AvgIpc) is 2.38. The summed E-state index contributed by atoms with van der Waals surface area (Å²) in [6.07, 6.45) is 3.76. The minimum Gasteiger partial charge on any atom is -0.370 e. The van der Waals surface area contributed by atoms with Crippen molar-refractivity contribution in [2.24, 2.45) is 5.92 Å². The van der Waals surface area contributed by atoms with Crippen LogP contribution in [0, 0.1) is 24.2 Å². The van der Waals surface area contributed by atoms with Crippen LogP contribution in [-0.4, -0.2) is 41.5 Å². The van der Waals surface area contributed by atoms with Gasteiger partial charge in [0.1, 0.15) is 23.4 Å². The number of anilines is 1. The van der Waals surface area contributed by atoms with E-state index in [0.29, 0.717) is 11.5 Å². The second kappa shape index (κ2) is 6.48. The van der Waals surface area contributed by atoms with Gasteiger partial charge in [-0.15, -0.1) is 0 Å². The first-order valence-corrected chi connectivity index (χ1v) is 6.85. The normalized spacial score (nSPS) is 19.9. The number of aromatic nitrogens is 2. The Morgan fingerprint density at radius 1 is 1.53 bits per heavy atom. The van der Waals surface area contributed by atoms with E-state index in [-0.39, 0.29) is 0 Å². The lowest BCUT2D eigenvalue weighted by molar-refractivity contribution is 0.205.